The molecule has 1 aliphatic heterocycles. The van der Waals surface area contributed by atoms with Crippen molar-refractivity contribution in [1.82, 2.24) is 10.6 Å². The van der Waals surface area contributed by atoms with Crippen molar-refractivity contribution in [3.05, 3.63) is 29.8 Å². The third-order valence-corrected chi connectivity index (χ3v) is 4.56. The van der Waals surface area contributed by atoms with Crippen LogP contribution in [0.4, 0.5) is 10.5 Å². The van der Waals surface area contributed by atoms with Crippen molar-refractivity contribution in [3.63, 3.8) is 0 Å². The predicted molar refractivity (Wildman–Crippen MR) is 83.4 cm³/mol. The van der Waals surface area contributed by atoms with E-state index in [9.17, 15) is 4.79 Å². The summed E-state index contributed by atoms with van der Waals surface area (Å²) in [6, 6.07) is 8.57. The summed E-state index contributed by atoms with van der Waals surface area (Å²) in [5, 5.41) is 5.44. The van der Waals surface area contributed by atoms with Crippen LogP contribution in [0.1, 0.15) is 32.3 Å². The molecule has 1 aliphatic rings. The topological polar surface area (TPSA) is 44.4 Å². The number of benzene rings is 1. The second kappa shape index (κ2) is 6.16. The lowest BCUT2D eigenvalue weighted by Gasteiger charge is -2.28. The van der Waals surface area contributed by atoms with Crippen LogP contribution in [0.5, 0.6) is 0 Å². The maximum atomic E-state index is 11.2. The molecule has 0 saturated heterocycles. The number of hydrogen-bond acceptors (Lipinski definition) is 2. The molecule has 2 N–H and O–H groups in total. The third-order valence-electron chi connectivity index (χ3n) is 4.56. The lowest BCUT2D eigenvalue weighted by atomic mass is 9.78. The van der Waals surface area contributed by atoms with E-state index >= 15 is 0 Å². The quantitative estimate of drug-likeness (QED) is 0.867. The standard InChI is InChI=1S/C16H25N3O/c1-4-16(5-2)12-19(11-10-18-15(20)17-3)14-9-7-6-8-13(14)16/h6-9H,4-5,10-12H2,1-3H3,(H2,17,18,20). The molecule has 0 radical (unpaired) electrons. The third kappa shape index (κ3) is 2.60. The molecule has 0 bridgehead atoms. The Kier molecular flexibility index (Phi) is 4.53. The Bertz CT molecular complexity index is 469. The minimum absolute atomic E-state index is 0.116. The summed E-state index contributed by atoms with van der Waals surface area (Å²) < 4.78 is 0. The highest BCUT2D eigenvalue weighted by Gasteiger charge is 2.39. The van der Waals surface area contributed by atoms with Crippen LogP contribution in [0.15, 0.2) is 24.3 Å². The fraction of sp³-hybridized carbons (Fsp3) is 0.562. The minimum Gasteiger partial charge on any atom is -0.369 e. The fourth-order valence-electron chi connectivity index (χ4n) is 3.18. The lowest BCUT2D eigenvalue weighted by molar-refractivity contribution is 0.243. The van der Waals surface area contributed by atoms with E-state index in [0.717, 1.165) is 25.9 Å². The molecule has 4 nitrogen and oxygen atoms in total. The normalized spacial score (nSPS) is 15.8. The van der Waals surface area contributed by atoms with Crippen molar-refractivity contribution >= 4 is 11.7 Å². The van der Waals surface area contributed by atoms with Gasteiger partial charge in [-0.15, -0.1) is 0 Å². The summed E-state index contributed by atoms with van der Waals surface area (Å²) in [5.74, 6) is 0. The Hall–Kier alpha value is -1.71. The van der Waals surface area contributed by atoms with E-state index in [0.29, 0.717) is 6.54 Å². The van der Waals surface area contributed by atoms with E-state index in [4.69, 9.17) is 0 Å². The number of nitrogens with one attached hydrogen (secondary N) is 2. The number of carbonyl (C=O) groups excluding carboxylic acids is 1. The van der Waals surface area contributed by atoms with E-state index in [1.165, 1.54) is 11.3 Å². The highest BCUT2D eigenvalue weighted by molar-refractivity contribution is 5.73. The molecule has 2 amide bonds. The molecule has 0 spiro atoms. The maximum Gasteiger partial charge on any atom is 0.314 e. The van der Waals surface area contributed by atoms with Gasteiger partial charge in [-0.3, -0.25) is 0 Å². The molecule has 0 fully saturated rings. The highest BCUT2D eigenvalue weighted by Crippen LogP contribution is 2.44. The molecular formula is C16H25N3O. The summed E-state index contributed by atoms with van der Waals surface area (Å²) in [6.45, 7) is 7.11. The number of fused-ring (bicyclic) bond motifs is 1. The van der Waals surface area contributed by atoms with E-state index in [-0.39, 0.29) is 11.4 Å². The summed E-state index contributed by atoms with van der Waals surface area (Å²) in [4.78, 5) is 13.6. The molecule has 0 aromatic heterocycles. The summed E-state index contributed by atoms with van der Waals surface area (Å²) in [6.07, 6.45) is 2.31. The first-order valence-electron chi connectivity index (χ1n) is 7.47. The zero-order valence-electron chi connectivity index (χ0n) is 12.7. The Morgan fingerprint density at radius 2 is 2.00 bits per heavy atom. The number of rotatable bonds is 5. The number of urea groups is 1. The number of amides is 2. The van der Waals surface area contributed by atoms with Crippen molar-refractivity contribution in [2.45, 2.75) is 32.1 Å². The molecule has 0 atom stereocenters. The molecule has 2 rings (SSSR count). The van der Waals surface area contributed by atoms with Gasteiger partial charge in [-0.1, -0.05) is 32.0 Å². The van der Waals surface area contributed by atoms with Gasteiger partial charge in [0.25, 0.3) is 0 Å². The van der Waals surface area contributed by atoms with Crippen LogP contribution < -0.4 is 15.5 Å². The molecule has 1 heterocycles. The number of nitrogens with zero attached hydrogens (tertiary/aromatic N) is 1. The minimum atomic E-state index is -0.116. The number of para-hydroxylation sites is 1. The monoisotopic (exact) mass is 275 g/mol. The van der Waals surface area contributed by atoms with Crippen LogP contribution in [0.2, 0.25) is 0 Å². The summed E-state index contributed by atoms with van der Waals surface area (Å²) in [5.41, 5.74) is 3.06. The molecule has 0 saturated carbocycles. The van der Waals surface area contributed by atoms with Crippen molar-refractivity contribution in [3.8, 4) is 0 Å². The van der Waals surface area contributed by atoms with Gasteiger partial charge < -0.3 is 15.5 Å². The first-order chi connectivity index (χ1) is 9.66. The second-order valence-corrected chi connectivity index (χ2v) is 5.43. The first-order valence-corrected chi connectivity index (χ1v) is 7.47. The van der Waals surface area contributed by atoms with Gasteiger partial charge in [-0.05, 0) is 24.5 Å². The number of anilines is 1. The summed E-state index contributed by atoms with van der Waals surface area (Å²) in [7, 11) is 1.64. The van der Waals surface area contributed by atoms with Gasteiger partial charge in [0, 0.05) is 37.8 Å². The molecule has 20 heavy (non-hydrogen) atoms. The van der Waals surface area contributed by atoms with Crippen molar-refractivity contribution in [1.29, 1.82) is 0 Å². The molecule has 4 heteroatoms. The average Bonchev–Trinajstić information content (AvgIpc) is 2.82. The Labute approximate surface area is 121 Å². The number of carbonyl (C=O) groups is 1. The lowest BCUT2D eigenvalue weighted by Crippen LogP contribution is -2.40. The Morgan fingerprint density at radius 1 is 1.30 bits per heavy atom. The zero-order valence-corrected chi connectivity index (χ0v) is 12.7. The van der Waals surface area contributed by atoms with Crippen LogP contribution >= 0.6 is 0 Å². The van der Waals surface area contributed by atoms with Gasteiger partial charge in [-0.25, -0.2) is 4.79 Å². The van der Waals surface area contributed by atoms with Gasteiger partial charge >= 0.3 is 6.03 Å². The largest absolute Gasteiger partial charge is 0.369 e. The van der Waals surface area contributed by atoms with E-state index in [2.05, 4.69) is 53.6 Å². The van der Waals surface area contributed by atoms with E-state index in [1.807, 2.05) is 0 Å². The van der Waals surface area contributed by atoms with Gasteiger partial charge in [-0.2, -0.15) is 0 Å². The van der Waals surface area contributed by atoms with Gasteiger partial charge in [0.15, 0.2) is 0 Å². The zero-order chi connectivity index (χ0) is 14.6. The van der Waals surface area contributed by atoms with Gasteiger partial charge in [0.1, 0.15) is 0 Å². The Morgan fingerprint density at radius 3 is 2.65 bits per heavy atom. The van der Waals surface area contributed by atoms with E-state index in [1.54, 1.807) is 7.05 Å². The Balaban J connectivity index is 2.11. The SMILES string of the molecule is CCC1(CC)CN(CCNC(=O)NC)c2ccccc21. The average molecular weight is 275 g/mol. The maximum absolute atomic E-state index is 11.2. The van der Waals surface area contributed by atoms with Crippen LogP contribution in [0.3, 0.4) is 0 Å². The van der Waals surface area contributed by atoms with Crippen LogP contribution in [-0.2, 0) is 5.41 Å². The van der Waals surface area contributed by atoms with Crippen molar-refractivity contribution in [2.75, 3.05) is 31.6 Å². The van der Waals surface area contributed by atoms with Crippen molar-refractivity contribution in [2.24, 2.45) is 0 Å². The van der Waals surface area contributed by atoms with Crippen LogP contribution in [-0.4, -0.2) is 32.7 Å². The van der Waals surface area contributed by atoms with Crippen LogP contribution in [0, 0.1) is 0 Å². The molecule has 1 aromatic carbocycles. The van der Waals surface area contributed by atoms with Crippen LogP contribution in [0.25, 0.3) is 0 Å². The molecule has 110 valence electrons. The molecule has 0 aliphatic carbocycles. The second-order valence-electron chi connectivity index (χ2n) is 5.43. The summed E-state index contributed by atoms with van der Waals surface area (Å²) >= 11 is 0. The molecular weight excluding hydrogens is 250 g/mol. The first kappa shape index (κ1) is 14.7. The van der Waals surface area contributed by atoms with Gasteiger partial charge in [0.05, 0.1) is 0 Å². The number of hydrogen-bond donors (Lipinski definition) is 2. The molecule has 1 aromatic rings. The fourth-order valence-corrected chi connectivity index (χ4v) is 3.18. The van der Waals surface area contributed by atoms with Crippen molar-refractivity contribution < 1.29 is 4.79 Å². The predicted octanol–water partition coefficient (Wildman–Crippen LogP) is 2.49. The van der Waals surface area contributed by atoms with E-state index < -0.39 is 0 Å². The smallest absolute Gasteiger partial charge is 0.314 e. The highest BCUT2D eigenvalue weighted by atomic mass is 16.2. The van der Waals surface area contributed by atoms with Gasteiger partial charge in [0.2, 0.25) is 0 Å². The molecule has 0 unspecified atom stereocenters.